The molecule has 2 nitrogen and oxygen atoms in total. The number of aryl methyl sites for hydroxylation is 1. The molecule has 2 heteroatoms. The second-order valence-corrected chi connectivity index (χ2v) is 5.50. The molecular weight excluding hydrogens is 236 g/mol. The second-order valence-electron chi connectivity index (χ2n) is 5.50. The van der Waals surface area contributed by atoms with Gasteiger partial charge in [0.25, 0.3) is 0 Å². The average Bonchev–Trinajstić information content (AvgIpc) is 2.42. The smallest absolute Gasteiger partial charge is 0.153 e. The molecule has 0 aliphatic heterocycles. The molecule has 1 atom stereocenters. The maximum Gasteiger partial charge on any atom is 0.153 e. The molecule has 0 saturated heterocycles. The summed E-state index contributed by atoms with van der Waals surface area (Å²) >= 11 is 0. The fourth-order valence-electron chi connectivity index (χ4n) is 2.33. The molecule has 19 heavy (non-hydrogen) atoms. The minimum Gasteiger partial charge on any atom is -0.507 e. The fourth-order valence-corrected chi connectivity index (χ4v) is 2.33. The van der Waals surface area contributed by atoms with Gasteiger partial charge in [0, 0.05) is 0 Å². The first-order valence-electron chi connectivity index (χ1n) is 7.44. The largest absolute Gasteiger partial charge is 0.507 e. The van der Waals surface area contributed by atoms with Crippen molar-refractivity contribution < 1.29 is 9.90 Å². The lowest BCUT2D eigenvalue weighted by molar-refractivity contribution is 0.112. The zero-order valence-corrected chi connectivity index (χ0v) is 12.2. The number of aldehydes is 1. The van der Waals surface area contributed by atoms with Crippen molar-refractivity contribution in [2.24, 2.45) is 5.92 Å². The summed E-state index contributed by atoms with van der Waals surface area (Å²) in [6.07, 6.45) is 9.43. The van der Waals surface area contributed by atoms with Gasteiger partial charge in [-0.3, -0.25) is 4.79 Å². The third-order valence-electron chi connectivity index (χ3n) is 3.70. The van der Waals surface area contributed by atoms with Gasteiger partial charge in [0.1, 0.15) is 5.75 Å². The number of phenols is 1. The van der Waals surface area contributed by atoms with Crippen LogP contribution < -0.4 is 0 Å². The van der Waals surface area contributed by atoms with E-state index in [1.165, 1.54) is 32.1 Å². The maximum absolute atomic E-state index is 10.8. The molecule has 1 rings (SSSR count). The Morgan fingerprint density at radius 2 is 2.00 bits per heavy atom. The van der Waals surface area contributed by atoms with Gasteiger partial charge in [0.15, 0.2) is 6.29 Å². The van der Waals surface area contributed by atoms with Crippen LogP contribution in [0, 0.1) is 5.92 Å². The number of hydrogen-bond acceptors (Lipinski definition) is 2. The Hall–Kier alpha value is -1.31. The summed E-state index contributed by atoms with van der Waals surface area (Å²) in [5, 5.41) is 9.45. The van der Waals surface area contributed by atoms with E-state index in [9.17, 15) is 9.90 Å². The van der Waals surface area contributed by atoms with Crippen LogP contribution in [0.4, 0.5) is 0 Å². The van der Waals surface area contributed by atoms with Crippen LogP contribution in [0.2, 0.25) is 0 Å². The Bertz CT molecular complexity index is 385. The fraction of sp³-hybridized carbons (Fsp3) is 0.588. The van der Waals surface area contributed by atoms with Gasteiger partial charge in [0.2, 0.25) is 0 Å². The summed E-state index contributed by atoms with van der Waals surface area (Å²) in [7, 11) is 0. The first-order valence-corrected chi connectivity index (χ1v) is 7.44. The van der Waals surface area contributed by atoms with Gasteiger partial charge in [-0.1, -0.05) is 52.0 Å². The summed E-state index contributed by atoms with van der Waals surface area (Å²) in [5.41, 5.74) is 1.54. The lowest BCUT2D eigenvalue weighted by Crippen LogP contribution is -1.98. The van der Waals surface area contributed by atoms with E-state index in [4.69, 9.17) is 0 Å². The topological polar surface area (TPSA) is 37.3 Å². The third kappa shape index (κ3) is 5.91. The van der Waals surface area contributed by atoms with E-state index in [1.54, 1.807) is 12.1 Å². The lowest BCUT2D eigenvalue weighted by Gasteiger charge is -2.11. The van der Waals surface area contributed by atoms with Crippen molar-refractivity contribution in [2.75, 3.05) is 0 Å². The molecule has 0 saturated carbocycles. The van der Waals surface area contributed by atoms with Crippen molar-refractivity contribution >= 4 is 6.29 Å². The van der Waals surface area contributed by atoms with Gasteiger partial charge in [-0.25, -0.2) is 0 Å². The molecule has 0 aliphatic carbocycles. The molecule has 0 fully saturated rings. The SMILES string of the molecule is CCCCCCC(C)CCc1ccc(O)c(C=O)c1. The number of aromatic hydroxyl groups is 1. The molecule has 0 amide bonds. The summed E-state index contributed by atoms with van der Waals surface area (Å²) in [5.74, 6) is 0.803. The average molecular weight is 262 g/mol. The Labute approximate surface area is 116 Å². The number of unbranched alkanes of at least 4 members (excludes halogenated alkanes) is 3. The number of carbonyl (C=O) groups is 1. The molecule has 0 spiro atoms. The van der Waals surface area contributed by atoms with Crippen molar-refractivity contribution in [3.63, 3.8) is 0 Å². The van der Waals surface area contributed by atoms with E-state index in [1.807, 2.05) is 6.07 Å². The summed E-state index contributed by atoms with van der Waals surface area (Å²) in [4.78, 5) is 10.8. The number of benzene rings is 1. The molecule has 0 bridgehead atoms. The molecule has 1 N–H and O–H groups in total. The Balaban J connectivity index is 2.33. The van der Waals surface area contributed by atoms with Crippen LogP contribution >= 0.6 is 0 Å². The highest BCUT2D eigenvalue weighted by Crippen LogP contribution is 2.20. The van der Waals surface area contributed by atoms with Gasteiger partial charge in [-0.05, 0) is 36.5 Å². The monoisotopic (exact) mass is 262 g/mol. The van der Waals surface area contributed by atoms with E-state index in [0.717, 1.165) is 24.3 Å². The first kappa shape index (κ1) is 15.7. The first-order chi connectivity index (χ1) is 9.17. The van der Waals surface area contributed by atoms with Crippen molar-refractivity contribution in [3.05, 3.63) is 29.3 Å². The minimum atomic E-state index is 0.0753. The predicted molar refractivity (Wildman–Crippen MR) is 79.7 cm³/mol. The van der Waals surface area contributed by atoms with Crippen LogP contribution in [-0.2, 0) is 6.42 Å². The molecule has 106 valence electrons. The molecule has 0 aromatic heterocycles. The lowest BCUT2D eigenvalue weighted by atomic mass is 9.95. The molecule has 0 heterocycles. The van der Waals surface area contributed by atoms with E-state index < -0.39 is 0 Å². The van der Waals surface area contributed by atoms with Crippen LogP contribution in [0.3, 0.4) is 0 Å². The molecule has 1 aromatic rings. The van der Waals surface area contributed by atoms with Gasteiger partial charge >= 0.3 is 0 Å². The van der Waals surface area contributed by atoms with Crippen LogP contribution in [0.5, 0.6) is 5.75 Å². The molecular formula is C17H26O2. The van der Waals surface area contributed by atoms with E-state index >= 15 is 0 Å². The van der Waals surface area contributed by atoms with Crippen LogP contribution in [0.15, 0.2) is 18.2 Å². The van der Waals surface area contributed by atoms with Gasteiger partial charge < -0.3 is 5.11 Å². The number of phenolic OH excluding ortho intramolecular Hbond substituents is 1. The summed E-state index contributed by atoms with van der Waals surface area (Å²) < 4.78 is 0. The Kier molecular flexibility index (Phi) is 7.24. The van der Waals surface area contributed by atoms with E-state index in [-0.39, 0.29) is 5.75 Å². The zero-order chi connectivity index (χ0) is 14.1. The highest BCUT2D eigenvalue weighted by Gasteiger charge is 2.05. The standard InChI is InChI=1S/C17H26O2/c1-3-4-5-6-7-14(2)8-9-15-10-11-17(19)16(12-15)13-18/h10-14,19H,3-9H2,1-2H3. The number of hydrogen-bond donors (Lipinski definition) is 1. The number of carbonyl (C=O) groups excluding carboxylic acids is 1. The molecule has 0 aliphatic rings. The van der Waals surface area contributed by atoms with Gasteiger partial charge in [0.05, 0.1) is 5.56 Å². The van der Waals surface area contributed by atoms with Crippen LogP contribution in [-0.4, -0.2) is 11.4 Å². The number of rotatable bonds is 9. The molecule has 1 aromatic carbocycles. The predicted octanol–water partition coefficient (Wildman–Crippen LogP) is 4.74. The highest BCUT2D eigenvalue weighted by molar-refractivity contribution is 5.79. The maximum atomic E-state index is 10.8. The van der Waals surface area contributed by atoms with E-state index in [2.05, 4.69) is 13.8 Å². The van der Waals surface area contributed by atoms with Crippen molar-refractivity contribution in [2.45, 2.75) is 58.8 Å². The molecule has 1 unspecified atom stereocenters. The quantitative estimate of drug-likeness (QED) is 0.515. The van der Waals surface area contributed by atoms with Gasteiger partial charge in [-0.2, -0.15) is 0 Å². The molecule has 0 radical (unpaired) electrons. The highest BCUT2D eigenvalue weighted by atomic mass is 16.3. The summed E-state index contributed by atoms with van der Waals surface area (Å²) in [6.45, 7) is 4.53. The van der Waals surface area contributed by atoms with E-state index in [0.29, 0.717) is 11.8 Å². The Morgan fingerprint density at radius 3 is 2.68 bits per heavy atom. The van der Waals surface area contributed by atoms with Crippen LogP contribution in [0.25, 0.3) is 0 Å². The second kappa shape index (κ2) is 8.73. The third-order valence-corrected chi connectivity index (χ3v) is 3.70. The summed E-state index contributed by atoms with van der Waals surface area (Å²) in [6, 6.07) is 5.32. The van der Waals surface area contributed by atoms with Gasteiger partial charge in [-0.15, -0.1) is 0 Å². The normalized spacial score (nSPS) is 12.3. The van der Waals surface area contributed by atoms with Crippen LogP contribution in [0.1, 0.15) is 68.3 Å². The van der Waals surface area contributed by atoms with Crippen molar-refractivity contribution in [3.8, 4) is 5.75 Å². The Morgan fingerprint density at radius 1 is 1.21 bits per heavy atom. The zero-order valence-electron chi connectivity index (χ0n) is 12.2. The van der Waals surface area contributed by atoms with Crippen molar-refractivity contribution in [1.82, 2.24) is 0 Å². The minimum absolute atomic E-state index is 0.0753. The van der Waals surface area contributed by atoms with Crippen molar-refractivity contribution in [1.29, 1.82) is 0 Å².